The standard InChI is InChI=1S/C17H21N3O3/c21-15(11-4-5-11)18-8-9-19-16(22)13-2-1-3-14(10-13)20-17(23)12-6-7-12/h1-3,10-12H,4-9H2,(H,18,21)(H,19,22)(H,20,23). The Hall–Kier alpha value is -2.37. The van der Waals surface area contributed by atoms with E-state index in [1.54, 1.807) is 24.3 Å². The summed E-state index contributed by atoms with van der Waals surface area (Å²) in [7, 11) is 0. The van der Waals surface area contributed by atoms with E-state index >= 15 is 0 Å². The minimum absolute atomic E-state index is 0.0188. The minimum Gasteiger partial charge on any atom is -0.354 e. The van der Waals surface area contributed by atoms with Crippen LogP contribution in [0, 0.1) is 11.8 Å². The van der Waals surface area contributed by atoms with E-state index in [4.69, 9.17) is 0 Å². The van der Waals surface area contributed by atoms with Crippen molar-refractivity contribution in [3.05, 3.63) is 29.8 Å². The summed E-state index contributed by atoms with van der Waals surface area (Å²) in [5, 5.41) is 8.39. The van der Waals surface area contributed by atoms with Gasteiger partial charge in [0.25, 0.3) is 5.91 Å². The first kappa shape index (κ1) is 15.5. The van der Waals surface area contributed by atoms with Crippen LogP contribution >= 0.6 is 0 Å². The highest BCUT2D eigenvalue weighted by molar-refractivity contribution is 5.98. The highest BCUT2D eigenvalue weighted by Crippen LogP contribution is 2.30. The average molecular weight is 315 g/mol. The molecule has 2 saturated carbocycles. The van der Waals surface area contributed by atoms with Crippen molar-refractivity contribution in [3.8, 4) is 0 Å². The first-order chi connectivity index (χ1) is 11.1. The van der Waals surface area contributed by atoms with Gasteiger partial charge < -0.3 is 16.0 Å². The molecule has 1 aromatic carbocycles. The van der Waals surface area contributed by atoms with E-state index < -0.39 is 0 Å². The van der Waals surface area contributed by atoms with Gasteiger partial charge >= 0.3 is 0 Å². The van der Waals surface area contributed by atoms with Crippen molar-refractivity contribution < 1.29 is 14.4 Å². The zero-order chi connectivity index (χ0) is 16.2. The molecule has 0 bridgehead atoms. The predicted octanol–water partition coefficient (Wildman–Crippen LogP) is 1.29. The normalized spacial score (nSPS) is 16.5. The highest BCUT2D eigenvalue weighted by Gasteiger charge is 2.30. The summed E-state index contributed by atoms with van der Waals surface area (Å²) in [5.41, 5.74) is 1.13. The maximum atomic E-state index is 12.1. The van der Waals surface area contributed by atoms with E-state index in [0.29, 0.717) is 24.3 Å². The fourth-order valence-electron chi connectivity index (χ4n) is 2.28. The Morgan fingerprint density at radius 1 is 0.913 bits per heavy atom. The summed E-state index contributed by atoms with van der Waals surface area (Å²) in [4.78, 5) is 35.3. The molecule has 0 aliphatic heterocycles. The lowest BCUT2D eigenvalue weighted by atomic mass is 10.2. The van der Waals surface area contributed by atoms with Gasteiger partial charge in [0.15, 0.2) is 0 Å². The maximum absolute atomic E-state index is 12.1. The van der Waals surface area contributed by atoms with E-state index in [1.165, 1.54) is 0 Å². The van der Waals surface area contributed by atoms with Crippen molar-refractivity contribution in [2.45, 2.75) is 25.7 Å². The van der Waals surface area contributed by atoms with E-state index in [9.17, 15) is 14.4 Å². The highest BCUT2D eigenvalue weighted by atomic mass is 16.2. The van der Waals surface area contributed by atoms with E-state index in [2.05, 4.69) is 16.0 Å². The molecule has 2 aliphatic rings. The number of benzene rings is 1. The van der Waals surface area contributed by atoms with Crippen molar-refractivity contribution in [2.24, 2.45) is 11.8 Å². The number of anilines is 1. The van der Waals surface area contributed by atoms with Crippen LogP contribution in [-0.4, -0.2) is 30.8 Å². The van der Waals surface area contributed by atoms with Crippen LogP contribution in [-0.2, 0) is 9.59 Å². The Bertz CT molecular complexity index is 621. The second-order valence-electron chi connectivity index (χ2n) is 6.17. The van der Waals surface area contributed by atoms with Crippen molar-refractivity contribution in [1.82, 2.24) is 10.6 Å². The molecule has 6 heteroatoms. The number of hydrogen-bond acceptors (Lipinski definition) is 3. The topological polar surface area (TPSA) is 87.3 Å². The summed E-state index contributed by atoms with van der Waals surface area (Å²) < 4.78 is 0. The van der Waals surface area contributed by atoms with Crippen LogP contribution in [0.2, 0.25) is 0 Å². The Morgan fingerprint density at radius 2 is 1.57 bits per heavy atom. The number of carbonyl (C=O) groups excluding carboxylic acids is 3. The zero-order valence-electron chi connectivity index (χ0n) is 12.9. The van der Waals surface area contributed by atoms with Gasteiger partial charge in [-0.25, -0.2) is 0 Å². The molecule has 0 spiro atoms. The van der Waals surface area contributed by atoms with Crippen molar-refractivity contribution >= 4 is 23.4 Å². The molecule has 3 amide bonds. The third-order valence-corrected chi connectivity index (χ3v) is 4.00. The van der Waals surface area contributed by atoms with E-state index in [1.807, 2.05) is 0 Å². The number of hydrogen-bond donors (Lipinski definition) is 3. The van der Waals surface area contributed by atoms with Gasteiger partial charge in [0.1, 0.15) is 0 Å². The predicted molar refractivity (Wildman–Crippen MR) is 85.9 cm³/mol. The number of amides is 3. The summed E-state index contributed by atoms with van der Waals surface area (Å²) >= 11 is 0. The molecule has 0 unspecified atom stereocenters. The van der Waals surface area contributed by atoms with Gasteiger partial charge in [0.05, 0.1) is 0 Å². The lowest BCUT2D eigenvalue weighted by Crippen LogP contribution is -2.35. The molecule has 0 saturated heterocycles. The molecule has 6 nitrogen and oxygen atoms in total. The van der Waals surface area contributed by atoms with Crippen LogP contribution in [0.15, 0.2) is 24.3 Å². The number of rotatable bonds is 7. The third kappa shape index (κ3) is 4.55. The summed E-state index contributed by atoms with van der Waals surface area (Å²) in [6.45, 7) is 0.815. The minimum atomic E-state index is -0.215. The molecular formula is C17H21N3O3. The first-order valence-corrected chi connectivity index (χ1v) is 8.10. The van der Waals surface area contributed by atoms with Gasteiger partial charge in [-0.3, -0.25) is 14.4 Å². The lowest BCUT2D eigenvalue weighted by molar-refractivity contribution is -0.122. The van der Waals surface area contributed by atoms with Gasteiger partial charge in [-0.05, 0) is 43.9 Å². The van der Waals surface area contributed by atoms with E-state index in [0.717, 1.165) is 25.7 Å². The van der Waals surface area contributed by atoms with Gasteiger partial charge in [-0.2, -0.15) is 0 Å². The molecule has 0 aromatic heterocycles. The molecule has 0 heterocycles. The third-order valence-electron chi connectivity index (χ3n) is 4.00. The van der Waals surface area contributed by atoms with Crippen LogP contribution in [0.3, 0.4) is 0 Å². The summed E-state index contributed by atoms with van der Waals surface area (Å²) in [6.07, 6.45) is 3.83. The Labute approximate surface area is 135 Å². The van der Waals surface area contributed by atoms with Gasteiger partial charge in [-0.1, -0.05) is 6.07 Å². The van der Waals surface area contributed by atoms with Gasteiger partial charge in [0.2, 0.25) is 11.8 Å². The van der Waals surface area contributed by atoms with Crippen molar-refractivity contribution in [1.29, 1.82) is 0 Å². The summed E-state index contributed by atoms with van der Waals surface area (Å²) in [5.74, 6) is 0.183. The van der Waals surface area contributed by atoms with Crippen molar-refractivity contribution in [2.75, 3.05) is 18.4 Å². The number of carbonyl (C=O) groups is 3. The Morgan fingerprint density at radius 3 is 2.26 bits per heavy atom. The van der Waals surface area contributed by atoms with Gasteiger partial charge in [-0.15, -0.1) is 0 Å². The molecule has 3 N–H and O–H groups in total. The maximum Gasteiger partial charge on any atom is 0.251 e. The molecule has 23 heavy (non-hydrogen) atoms. The van der Waals surface area contributed by atoms with Crippen LogP contribution in [0.4, 0.5) is 5.69 Å². The fourth-order valence-corrected chi connectivity index (χ4v) is 2.28. The SMILES string of the molecule is O=C(NCCNC(=O)C1CC1)c1cccc(NC(=O)C2CC2)c1. The first-order valence-electron chi connectivity index (χ1n) is 8.10. The molecular weight excluding hydrogens is 294 g/mol. The average Bonchev–Trinajstić information content (AvgIpc) is 3.41. The zero-order valence-corrected chi connectivity index (χ0v) is 12.9. The van der Waals surface area contributed by atoms with Crippen molar-refractivity contribution in [3.63, 3.8) is 0 Å². The fraction of sp³-hybridized carbons (Fsp3) is 0.471. The van der Waals surface area contributed by atoms with E-state index in [-0.39, 0.29) is 29.6 Å². The molecule has 2 fully saturated rings. The summed E-state index contributed by atoms with van der Waals surface area (Å²) in [6, 6.07) is 6.88. The molecule has 2 aliphatic carbocycles. The second-order valence-corrected chi connectivity index (χ2v) is 6.17. The lowest BCUT2D eigenvalue weighted by Gasteiger charge is -2.09. The van der Waals surface area contributed by atoms with Crippen LogP contribution in [0.1, 0.15) is 36.0 Å². The van der Waals surface area contributed by atoms with Gasteiger partial charge in [0, 0.05) is 36.2 Å². The quantitative estimate of drug-likeness (QED) is 0.663. The van der Waals surface area contributed by atoms with Crippen LogP contribution in [0.25, 0.3) is 0 Å². The second kappa shape index (κ2) is 6.81. The van der Waals surface area contributed by atoms with Crippen LogP contribution in [0.5, 0.6) is 0 Å². The smallest absolute Gasteiger partial charge is 0.251 e. The number of nitrogens with one attached hydrogen (secondary N) is 3. The molecule has 0 atom stereocenters. The molecule has 0 radical (unpaired) electrons. The molecule has 1 aromatic rings. The largest absolute Gasteiger partial charge is 0.354 e. The molecule has 3 rings (SSSR count). The van der Waals surface area contributed by atoms with Crippen LogP contribution < -0.4 is 16.0 Å². The Kier molecular flexibility index (Phi) is 4.60. The monoisotopic (exact) mass is 315 g/mol. The molecule has 122 valence electrons. The Balaban J connectivity index is 1.44.